The maximum Gasteiger partial charge on any atom is 0.0239 e. The SMILES string of the molecule is C=C/C=C(\C=C)CN1CCC(C)CC12CCC2.CC. The minimum Gasteiger partial charge on any atom is -0.293 e. The van der Waals surface area contributed by atoms with Crippen LogP contribution in [0.2, 0.25) is 0 Å². The van der Waals surface area contributed by atoms with Gasteiger partial charge in [-0.2, -0.15) is 0 Å². The fourth-order valence-corrected chi connectivity index (χ4v) is 3.40. The van der Waals surface area contributed by atoms with Crippen LogP contribution in [0.25, 0.3) is 0 Å². The van der Waals surface area contributed by atoms with Crippen LogP contribution in [0.5, 0.6) is 0 Å². The Balaban J connectivity index is 0.000000861. The van der Waals surface area contributed by atoms with Crippen LogP contribution in [0.1, 0.15) is 52.9 Å². The van der Waals surface area contributed by atoms with E-state index in [0.29, 0.717) is 5.54 Å². The molecule has 0 bridgehead atoms. The van der Waals surface area contributed by atoms with Gasteiger partial charge in [0.1, 0.15) is 0 Å². The molecular formula is C18H31N. The van der Waals surface area contributed by atoms with E-state index in [-0.39, 0.29) is 0 Å². The molecule has 1 aliphatic heterocycles. The highest BCUT2D eigenvalue weighted by Gasteiger charge is 2.45. The zero-order valence-corrected chi connectivity index (χ0v) is 13.1. The molecule has 0 aromatic rings. The van der Waals surface area contributed by atoms with Crippen molar-refractivity contribution in [2.75, 3.05) is 13.1 Å². The van der Waals surface area contributed by atoms with Crippen molar-refractivity contribution in [3.8, 4) is 0 Å². The number of allylic oxidation sites excluding steroid dienone is 2. The van der Waals surface area contributed by atoms with Gasteiger partial charge in [0.05, 0.1) is 0 Å². The normalized spacial score (nSPS) is 26.1. The van der Waals surface area contributed by atoms with Crippen LogP contribution in [0.3, 0.4) is 0 Å². The van der Waals surface area contributed by atoms with E-state index in [1.807, 2.05) is 26.0 Å². The van der Waals surface area contributed by atoms with Crippen molar-refractivity contribution in [3.05, 3.63) is 37.0 Å². The third-order valence-electron chi connectivity index (χ3n) is 4.54. The van der Waals surface area contributed by atoms with Crippen LogP contribution in [0.4, 0.5) is 0 Å². The second-order valence-corrected chi connectivity index (χ2v) is 5.78. The average Bonchev–Trinajstić information content (AvgIpc) is 2.40. The van der Waals surface area contributed by atoms with Gasteiger partial charge in [0.15, 0.2) is 0 Å². The van der Waals surface area contributed by atoms with Crippen molar-refractivity contribution >= 4 is 0 Å². The summed E-state index contributed by atoms with van der Waals surface area (Å²) in [5.41, 5.74) is 1.84. The molecule has 1 atom stereocenters. The number of nitrogens with zero attached hydrogens (tertiary/aromatic N) is 1. The monoisotopic (exact) mass is 261 g/mol. The summed E-state index contributed by atoms with van der Waals surface area (Å²) in [4.78, 5) is 2.70. The molecule has 0 aromatic carbocycles. The Hall–Kier alpha value is -0.820. The molecule has 0 N–H and O–H groups in total. The molecule has 1 nitrogen and oxygen atoms in total. The maximum absolute atomic E-state index is 3.91. The number of rotatable bonds is 4. The zero-order valence-electron chi connectivity index (χ0n) is 13.1. The van der Waals surface area contributed by atoms with Crippen LogP contribution >= 0.6 is 0 Å². The van der Waals surface area contributed by atoms with Gasteiger partial charge in [-0.15, -0.1) is 0 Å². The lowest BCUT2D eigenvalue weighted by molar-refractivity contribution is -0.0277. The quantitative estimate of drug-likeness (QED) is 0.646. The summed E-state index contributed by atoms with van der Waals surface area (Å²) in [5, 5.41) is 0. The van der Waals surface area contributed by atoms with E-state index < -0.39 is 0 Å². The van der Waals surface area contributed by atoms with Gasteiger partial charge in [0, 0.05) is 12.1 Å². The summed E-state index contributed by atoms with van der Waals surface area (Å²) in [6, 6.07) is 0. The van der Waals surface area contributed by atoms with Gasteiger partial charge in [-0.3, -0.25) is 4.90 Å². The molecule has 2 aliphatic rings. The van der Waals surface area contributed by atoms with E-state index in [1.165, 1.54) is 44.2 Å². The lowest BCUT2D eigenvalue weighted by atomic mass is 9.67. The predicted molar refractivity (Wildman–Crippen MR) is 86.4 cm³/mol. The highest BCUT2D eigenvalue weighted by molar-refractivity contribution is 5.23. The molecule has 1 spiro atoms. The summed E-state index contributed by atoms with van der Waals surface area (Å²) in [6.45, 7) is 16.4. The molecule has 108 valence electrons. The molecule has 1 saturated heterocycles. The van der Waals surface area contributed by atoms with E-state index in [4.69, 9.17) is 0 Å². The highest BCUT2D eigenvalue weighted by Crippen LogP contribution is 2.46. The first kappa shape index (κ1) is 16.2. The van der Waals surface area contributed by atoms with Crippen LogP contribution in [-0.2, 0) is 0 Å². The average molecular weight is 261 g/mol. The molecule has 2 fully saturated rings. The van der Waals surface area contributed by atoms with E-state index in [0.717, 1.165) is 12.5 Å². The Bertz CT molecular complexity index is 323. The van der Waals surface area contributed by atoms with Gasteiger partial charge in [-0.05, 0) is 50.1 Å². The van der Waals surface area contributed by atoms with Gasteiger partial charge in [-0.1, -0.05) is 52.2 Å². The first-order chi connectivity index (χ1) is 9.20. The fourth-order valence-electron chi connectivity index (χ4n) is 3.40. The number of piperidine rings is 1. The van der Waals surface area contributed by atoms with Gasteiger partial charge in [0.2, 0.25) is 0 Å². The molecule has 0 amide bonds. The summed E-state index contributed by atoms with van der Waals surface area (Å²) in [5.74, 6) is 0.905. The highest BCUT2D eigenvalue weighted by atomic mass is 15.2. The smallest absolute Gasteiger partial charge is 0.0239 e. The lowest BCUT2D eigenvalue weighted by Crippen LogP contribution is -2.58. The van der Waals surface area contributed by atoms with E-state index >= 15 is 0 Å². The minimum absolute atomic E-state index is 0.529. The van der Waals surface area contributed by atoms with Gasteiger partial charge < -0.3 is 0 Å². The topological polar surface area (TPSA) is 3.24 Å². The first-order valence-electron chi connectivity index (χ1n) is 7.89. The van der Waals surface area contributed by atoms with Crippen molar-refractivity contribution in [1.82, 2.24) is 4.90 Å². The summed E-state index contributed by atoms with van der Waals surface area (Å²) >= 11 is 0. The van der Waals surface area contributed by atoms with E-state index in [1.54, 1.807) is 0 Å². The van der Waals surface area contributed by atoms with Crippen LogP contribution in [0, 0.1) is 5.92 Å². The van der Waals surface area contributed by atoms with Gasteiger partial charge in [-0.25, -0.2) is 0 Å². The maximum atomic E-state index is 3.91. The van der Waals surface area contributed by atoms with Crippen molar-refractivity contribution in [1.29, 1.82) is 0 Å². The third kappa shape index (κ3) is 3.82. The van der Waals surface area contributed by atoms with Gasteiger partial charge in [0.25, 0.3) is 0 Å². The Morgan fingerprint density at radius 2 is 2.00 bits per heavy atom. The molecule has 1 heteroatoms. The van der Waals surface area contributed by atoms with Crippen LogP contribution in [0.15, 0.2) is 37.0 Å². The fraction of sp³-hybridized carbons (Fsp3) is 0.667. The van der Waals surface area contributed by atoms with Crippen molar-refractivity contribution in [2.45, 2.75) is 58.4 Å². The minimum atomic E-state index is 0.529. The predicted octanol–water partition coefficient (Wildman–Crippen LogP) is 4.97. The second-order valence-electron chi connectivity index (χ2n) is 5.78. The molecular weight excluding hydrogens is 230 g/mol. The standard InChI is InChI=1S/C16H25N.C2H6/c1-4-7-15(5-2)13-17-11-8-14(3)12-16(17)9-6-10-16;1-2/h4-5,7,14H,1-2,6,8-13H2,3H3;1-2H3/b15-7+;. The zero-order chi connectivity index (χ0) is 14.3. The molecule has 0 aromatic heterocycles. The van der Waals surface area contributed by atoms with Crippen LogP contribution < -0.4 is 0 Å². The molecule has 1 unspecified atom stereocenters. The molecule has 19 heavy (non-hydrogen) atoms. The molecule has 1 heterocycles. The first-order valence-corrected chi connectivity index (χ1v) is 7.89. The van der Waals surface area contributed by atoms with Crippen molar-refractivity contribution in [3.63, 3.8) is 0 Å². The van der Waals surface area contributed by atoms with E-state index in [2.05, 4.69) is 31.1 Å². The summed E-state index contributed by atoms with van der Waals surface area (Å²) in [6.07, 6.45) is 12.9. The van der Waals surface area contributed by atoms with E-state index in [9.17, 15) is 0 Å². The largest absolute Gasteiger partial charge is 0.293 e. The van der Waals surface area contributed by atoms with Crippen molar-refractivity contribution in [2.24, 2.45) is 5.92 Å². The number of hydrogen-bond acceptors (Lipinski definition) is 1. The Kier molecular flexibility index (Phi) is 6.57. The van der Waals surface area contributed by atoms with Gasteiger partial charge >= 0.3 is 0 Å². The number of hydrogen-bond donors (Lipinski definition) is 0. The van der Waals surface area contributed by atoms with Crippen LogP contribution in [-0.4, -0.2) is 23.5 Å². The summed E-state index contributed by atoms with van der Waals surface area (Å²) < 4.78 is 0. The Labute approximate surface area is 120 Å². The lowest BCUT2D eigenvalue weighted by Gasteiger charge is -2.55. The molecule has 1 aliphatic carbocycles. The molecule has 1 saturated carbocycles. The Morgan fingerprint density at radius 1 is 1.32 bits per heavy atom. The Morgan fingerprint density at radius 3 is 2.47 bits per heavy atom. The second kappa shape index (κ2) is 7.69. The summed E-state index contributed by atoms with van der Waals surface area (Å²) in [7, 11) is 0. The number of likely N-dealkylation sites (tertiary alicyclic amines) is 1. The molecule has 0 radical (unpaired) electrons. The molecule has 2 rings (SSSR count). The third-order valence-corrected chi connectivity index (χ3v) is 4.54. The van der Waals surface area contributed by atoms with Crippen molar-refractivity contribution < 1.29 is 0 Å².